The molecule has 40 heavy (non-hydrogen) atoms. The first-order valence-electron chi connectivity index (χ1n) is 13.3. The van der Waals surface area contributed by atoms with E-state index in [-0.39, 0.29) is 11.5 Å². The topological polar surface area (TPSA) is 67.1 Å². The van der Waals surface area contributed by atoms with E-state index < -0.39 is 17.3 Å². The molecule has 1 saturated heterocycles. The lowest BCUT2D eigenvalue weighted by molar-refractivity contribution is -0.137. The number of fused-ring (bicyclic) bond motifs is 1. The number of nitrogens with zero attached hydrogens (tertiary/aromatic N) is 5. The summed E-state index contributed by atoms with van der Waals surface area (Å²) in [6.07, 6.45) is -1.84. The van der Waals surface area contributed by atoms with Crippen molar-refractivity contribution in [3.63, 3.8) is 0 Å². The monoisotopic (exact) mass is 571 g/mol. The van der Waals surface area contributed by atoms with Crippen molar-refractivity contribution < 1.29 is 18.3 Å². The van der Waals surface area contributed by atoms with E-state index in [1.807, 2.05) is 25.1 Å². The zero-order valence-electron chi connectivity index (χ0n) is 23.2. The quantitative estimate of drug-likeness (QED) is 0.300. The molecule has 0 radical (unpaired) electrons. The highest BCUT2D eigenvalue weighted by molar-refractivity contribution is 6.36. The van der Waals surface area contributed by atoms with Crippen LogP contribution < -0.4 is 0 Å². The van der Waals surface area contributed by atoms with E-state index in [9.17, 15) is 18.3 Å². The van der Waals surface area contributed by atoms with Gasteiger partial charge in [-0.2, -0.15) is 13.2 Å². The van der Waals surface area contributed by atoms with Crippen molar-refractivity contribution in [3.05, 3.63) is 87.3 Å². The summed E-state index contributed by atoms with van der Waals surface area (Å²) in [5.41, 5.74) is 2.12. The average molecular weight is 572 g/mol. The Morgan fingerprint density at radius 3 is 2.23 bits per heavy atom. The van der Waals surface area contributed by atoms with Crippen LogP contribution in [0, 0.1) is 5.92 Å². The maximum atomic E-state index is 13.1. The summed E-state index contributed by atoms with van der Waals surface area (Å²) in [4.78, 5) is 7.17. The Morgan fingerprint density at radius 2 is 1.68 bits per heavy atom. The van der Waals surface area contributed by atoms with Crippen LogP contribution in [0.3, 0.4) is 0 Å². The molecule has 1 unspecified atom stereocenters. The van der Waals surface area contributed by atoms with Crippen molar-refractivity contribution in [1.29, 1.82) is 0 Å². The number of hydrogen-bond acceptors (Lipinski definition) is 5. The first-order valence-corrected chi connectivity index (χ1v) is 13.7. The molecule has 10 heteroatoms. The van der Waals surface area contributed by atoms with E-state index in [4.69, 9.17) is 16.6 Å². The lowest BCUT2D eigenvalue weighted by atomic mass is 9.73. The normalized spacial score (nSPS) is 16.8. The zero-order valence-corrected chi connectivity index (χ0v) is 24.0. The van der Waals surface area contributed by atoms with E-state index in [1.165, 1.54) is 12.1 Å². The van der Waals surface area contributed by atoms with Gasteiger partial charge in [-0.05, 0) is 68.1 Å². The van der Waals surface area contributed by atoms with Crippen LogP contribution >= 0.6 is 11.6 Å². The fraction of sp³-hybridized carbons (Fsp3) is 0.433. The molecule has 1 N–H and O–H groups in total. The summed E-state index contributed by atoms with van der Waals surface area (Å²) in [5.74, 6) is -0.102. The molecule has 6 nitrogen and oxygen atoms in total. The third-order valence-electron chi connectivity index (χ3n) is 8.06. The minimum absolute atomic E-state index is 0.0253. The highest BCUT2D eigenvalue weighted by atomic mass is 35.5. The molecule has 1 atom stereocenters. The van der Waals surface area contributed by atoms with Gasteiger partial charge in [0.25, 0.3) is 0 Å². The van der Waals surface area contributed by atoms with Crippen molar-refractivity contribution in [2.75, 3.05) is 13.1 Å². The number of alkyl halides is 3. The number of likely N-dealkylation sites (tertiary alicyclic amines) is 1. The van der Waals surface area contributed by atoms with Crippen LogP contribution in [0.2, 0.25) is 5.02 Å². The van der Waals surface area contributed by atoms with Crippen LogP contribution in [-0.2, 0) is 31.7 Å². The van der Waals surface area contributed by atoms with Crippen molar-refractivity contribution in [1.82, 2.24) is 24.9 Å². The second kappa shape index (κ2) is 10.1. The second-order valence-corrected chi connectivity index (χ2v) is 12.0. The molecule has 2 aromatic heterocycles. The smallest absolute Gasteiger partial charge is 0.378 e. The first-order chi connectivity index (χ1) is 18.7. The summed E-state index contributed by atoms with van der Waals surface area (Å²) in [7, 11) is 1.76. The molecule has 0 spiro atoms. The van der Waals surface area contributed by atoms with Gasteiger partial charge in [-0.1, -0.05) is 41.9 Å². The van der Waals surface area contributed by atoms with E-state index in [0.717, 1.165) is 23.4 Å². The molecule has 0 aliphatic carbocycles. The SMILES string of the molecule is CCc1nc2ccc(C(O)(c3cnnn3C)C3CN(C(C)(C)C)C3)cc2c(Cl)c1Cc1ccc(C(F)(F)F)cc1. The number of rotatable bonds is 6. The van der Waals surface area contributed by atoms with Crippen LogP contribution in [0.15, 0.2) is 48.7 Å². The number of aromatic nitrogens is 4. The highest BCUT2D eigenvalue weighted by Gasteiger charge is 2.50. The molecule has 1 fully saturated rings. The van der Waals surface area contributed by atoms with Gasteiger partial charge in [0.1, 0.15) is 5.60 Å². The largest absolute Gasteiger partial charge is 0.416 e. The van der Waals surface area contributed by atoms with Crippen LogP contribution in [0.1, 0.15) is 61.3 Å². The van der Waals surface area contributed by atoms with Gasteiger partial charge in [0.2, 0.25) is 0 Å². The van der Waals surface area contributed by atoms with E-state index >= 15 is 0 Å². The molecule has 1 aliphatic rings. The maximum Gasteiger partial charge on any atom is 0.416 e. The van der Waals surface area contributed by atoms with Crippen molar-refractivity contribution in [2.45, 2.75) is 57.9 Å². The predicted octanol–water partition coefficient (Wildman–Crippen LogP) is 6.15. The minimum atomic E-state index is -4.39. The van der Waals surface area contributed by atoms with Gasteiger partial charge in [-0.3, -0.25) is 9.88 Å². The molecule has 3 heterocycles. The van der Waals surface area contributed by atoms with Crippen LogP contribution in [0.5, 0.6) is 0 Å². The predicted molar refractivity (Wildman–Crippen MR) is 149 cm³/mol. The average Bonchev–Trinajstić information content (AvgIpc) is 3.29. The summed E-state index contributed by atoms with van der Waals surface area (Å²) in [6.45, 7) is 9.82. The molecule has 212 valence electrons. The van der Waals surface area contributed by atoms with Gasteiger partial charge in [0.05, 0.1) is 28.0 Å². The first kappa shape index (κ1) is 28.5. The lowest BCUT2D eigenvalue weighted by Gasteiger charge is -2.53. The third kappa shape index (κ3) is 4.99. The zero-order chi connectivity index (χ0) is 29.0. The summed E-state index contributed by atoms with van der Waals surface area (Å²) >= 11 is 7.03. The summed E-state index contributed by atoms with van der Waals surface area (Å²) < 4.78 is 40.8. The van der Waals surface area contributed by atoms with Gasteiger partial charge in [-0.25, -0.2) is 4.68 Å². The number of pyridine rings is 1. The standard InChI is InChI=1S/C30H33ClF3N5O/c1-6-24-22(13-18-7-9-19(10-8-18)30(32,33)34)27(31)23-14-20(11-12-25(23)36-24)29(40,26-15-35-37-38(26)5)21-16-39(17-21)28(2,3)4/h7-12,14-15,21,40H,6,13,16-17H2,1-5H3. The summed E-state index contributed by atoms with van der Waals surface area (Å²) in [5, 5.41) is 21.7. The number of aryl methyl sites for hydroxylation is 2. The van der Waals surface area contributed by atoms with Gasteiger partial charge >= 0.3 is 6.18 Å². The van der Waals surface area contributed by atoms with E-state index in [0.29, 0.717) is 58.7 Å². The second-order valence-electron chi connectivity index (χ2n) is 11.6. The third-order valence-corrected chi connectivity index (χ3v) is 8.50. The van der Waals surface area contributed by atoms with Crippen molar-refractivity contribution in [2.24, 2.45) is 13.0 Å². The molecule has 1 aliphatic heterocycles. The van der Waals surface area contributed by atoms with Crippen molar-refractivity contribution in [3.8, 4) is 0 Å². The molecule has 0 saturated carbocycles. The van der Waals surface area contributed by atoms with Gasteiger partial charge < -0.3 is 5.11 Å². The maximum absolute atomic E-state index is 13.1. The van der Waals surface area contributed by atoms with Crippen molar-refractivity contribution >= 4 is 22.5 Å². The fourth-order valence-electron chi connectivity index (χ4n) is 5.55. The van der Waals surface area contributed by atoms with Gasteiger partial charge in [0, 0.05) is 49.1 Å². The van der Waals surface area contributed by atoms with E-state index in [1.54, 1.807) is 17.9 Å². The molecule has 0 bridgehead atoms. The fourth-order valence-corrected chi connectivity index (χ4v) is 5.88. The number of halogens is 4. The Bertz CT molecular complexity index is 1540. The molecule has 2 aromatic carbocycles. The number of hydrogen-bond donors (Lipinski definition) is 1. The van der Waals surface area contributed by atoms with Gasteiger partial charge in [-0.15, -0.1) is 5.10 Å². The molecule has 4 aromatic rings. The Kier molecular flexibility index (Phi) is 7.21. The molecule has 5 rings (SSSR count). The van der Waals surface area contributed by atoms with Gasteiger partial charge in [0.15, 0.2) is 0 Å². The Labute approximate surface area is 236 Å². The van der Waals surface area contributed by atoms with E-state index in [2.05, 4.69) is 36.0 Å². The molecular formula is C30H33ClF3N5O. The van der Waals surface area contributed by atoms with Crippen LogP contribution in [0.25, 0.3) is 10.9 Å². The minimum Gasteiger partial charge on any atom is -0.378 e. The summed E-state index contributed by atoms with van der Waals surface area (Å²) in [6, 6.07) is 10.8. The Morgan fingerprint density at radius 1 is 1.02 bits per heavy atom. The van der Waals surface area contributed by atoms with Crippen LogP contribution in [-0.4, -0.2) is 48.6 Å². The lowest BCUT2D eigenvalue weighted by Crippen LogP contribution is -2.62. The highest BCUT2D eigenvalue weighted by Crippen LogP contribution is 2.44. The molecular weight excluding hydrogens is 539 g/mol. The molecule has 0 amide bonds. The van der Waals surface area contributed by atoms with Crippen LogP contribution in [0.4, 0.5) is 13.2 Å². The number of benzene rings is 2. The Hall–Kier alpha value is -3.01. The Balaban J connectivity index is 1.58. The number of aliphatic hydroxyl groups is 1.